The van der Waals surface area contributed by atoms with Crippen LogP contribution in [-0.4, -0.2) is 20.2 Å². The number of hydrogen-bond acceptors (Lipinski definition) is 4. The summed E-state index contributed by atoms with van der Waals surface area (Å²) in [6, 6.07) is 9.42. The monoisotopic (exact) mass is 245 g/mol. The highest BCUT2D eigenvalue weighted by molar-refractivity contribution is 5.28. The summed E-state index contributed by atoms with van der Waals surface area (Å²) in [6.45, 7) is 1.36. The summed E-state index contributed by atoms with van der Waals surface area (Å²) >= 11 is 0. The number of rotatable bonds is 7. The zero-order chi connectivity index (χ0) is 13.2. The van der Waals surface area contributed by atoms with E-state index >= 15 is 0 Å². The van der Waals surface area contributed by atoms with Gasteiger partial charge in [0.2, 0.25) is 0 Å². The number of nitrogens with zero attached hydrogens (tertiary/aromatic N) is 4. The zero-order valence-electron chi connectivity index (χ0n) is 10.2. The van der Waals surface area contributed by atoms with Crippen molar-refractivity contribution in [2.75, 3.05) is 20.2 Å². The fraction of sp³-hybridized carbons (Fsp3) is 0.417. The van der Waals surface area contributed by atoms with Crippen molar-refractivity contribution in [3.8, 4) is 6.07 Å². The molecule has 0 aliphatic carbocycles. The van der Waals surface area contributed by atoms with Crippen LogP contribution in [0.5, 0.6) is 0 Å². The number of nitriles is 1. The van der Waals surface area contributed by atoms with E-state index in [-0.39, 0.29) is 0 Å². The Bertz CT molecular complexity index is 445. The molecule has 1 aromatic carbocycles. The standard InChI is InChI=1S/C12H15N5O/c1-18-9-10-2-4-11(5-3-10)12(8-13)15-6-7-16-17-14/h2-5,12,15H,6-7,9H2,1H3. The van der Waals surface area contributed by atoms with Crippen LogP contribution in [0.1, 0.15) is 17.2 Å². The van der Waals surface area contributed by atoms with E-state index in [4.69, 9.17) is 15.5 Å². The molecule has 1 N–H and O–H groups in total. The Labute approximate surface area is 106 Å². The van der Waals surface area contributed by atoms with E-state index in [1.54, 1.807) is 7.11 Å². The van der Waals surface area contributed by atoms with Crippen molar-refractivity contribution in [2.45, 2.75) is 12.6 Å². The number of nitrogens with one attached hydrogen (secondary N) is 1. The largest absolute Gasteiger partial charge is 0.380 e. The highest BCUT2D eigenvalue weighted by atomic mass is 16.5. The SMILES string of the molecule is COCc1ccc(C(C#N)NCCN=[N+]=[N-])cc1. The number of benzene rings is 1. The fourth-order valence-corrected chi connectivity index (χ4v) is 1.51. The van der Waals surface area contributed by atoms with Crippen LogP contribution < -0.4 is 5.32 Å². The second kappa shape index (κ2) is 8.09. The summed E-state index contributed by atoms with van der Waals surface area (Å²) in [5.74, 6) is 0. The van der Waals surface area contributed by atoms with Gasteiger partial charge in [-0.1, -0.05) is 29.4 Å². The molecule has 6 nitrogen and oxygen atoms in total. The molecule has 94 valence electrons. The molecule has 0 saturated heterocycles. The van der Waals surface area contributed by atoms with Crippen molar-refractivity contribution < 1.29 is 4.74 Å². The molecule has 1 unspecified atom stereocenters. The highest BCUT2D eigenvalue weighted by Crippen LogP contribution is 2.13. The molecule has 0 heterocycles. The molecule has 1 rings (SSSR count). The molecule has 0 aliphatic rings. The molecule has 0 amide bonds. The first-order chi connectivity index (χ1) is 8.81. The van der Waals surface area contributed by atoms with E-state index in [1.165, 1.54) is 0 Å². The average molecular weight is 245 g/mol. The molecule has 0 radical (unpaired) electrons. The Balaban J connectivity index is 2.59. The molecule has 0 saturated carbocycles. The van der Waals surface area contributed by atoms with Gasteiger partial charge >= 0.3 is 0 Å². The smallest absolute Gasteiger partial charge is 0.121 e. The summed E-state index contributed by atoms with van der Waals surface area (Å²) in [5.41, 5.74) is 10.1. The molecule has 1 aromatic rings. The lowest BCUT2D eigenvalue weighted by atomic mass is 10.1. The minimum atomic E-state index is -0.393. The highest BCUT2D eigenvalue weighted by Gasteiger charge is 2.08. The van der Waals surface area contributed by atoms with Gasteiger partial charge in [-0.05, 0) is 16.7 Å². The van der Waals surface area contributed by atoms with Crippen molar-refractivity contribution in [3.05, 3.63) is 45.8 Å². The molecule has 0 fully saturated rings. The van der Waals surface area contributed by atoms with Crippen LogP contribution in [0.15, 0.2) is 29.4 Å². The van der Waals surface area contributed by atoms with Crippen LogP contribution in [0, 0.1) is 11.3 Å². The summed E-state index contributed by atoms with van der Waals surface area (Å²) in [7, 11) is 1.64. The second-order valence-corrected chi connectivity index (χ2v) is 3.65. The predicted octanol–water partition coefficient (Wildman–Crippen LogP) is 2.30. The first-order valence-electron chi connectivity index (χ1n) is 5.53. The maximum Gasteiger partial charge on any atom is 0.121 e. The summed E-state index contributed by atoms with van der Waals surface area (Å²) in [4.78, 5) is 2.65. The normalized spacial score (nSPS) is 11.3. The van der Waals surface area contributed by atoms with Gasteiger partial charge in [0.05, 0.1) is 12.7 Å². The molecule has 0 bridgehead atoms. The Morgan fingerprint density at radius 1 is 1.50 bits per heavy atom. The average Bonchev–Trinajstić information content (AvgIpc) is 2.41. The maximum absolute atomic E-state index is 9.07. The van der Waals surface area contributed by atoms with E-state index in [0.717, 1.165) is 11.1 Å². The van der Waals surface area contributed by atoms with Gasteiger partial charge in [-0.3, -0.25) is 5.32 Å². The Hall–Kier alpha value is -2.06. The van der Waals surface area contributed by atoms with E-state index in [1.807, 2.05) is 24.3 Å². The zero-order valence-corrected chi connectivity index (χ0v) is 10.2. The summed E-state index contributed by atoms with van der Waals surface area (Å²) in [5, 5.41) is 15.5. The van der Waals surface area contributed by atoms with Crippen LogP contribution in [0.2, 0.25) is 0 Å². The van der Waals surface area contributed by atoms with Gasteiger partial charge in [0.1, 0.15) is 6.04 Å². The number of azide groups is 1. The van der Waals surface area contributed by atoms with Crippen LogP contribution >= 0.6 is 0 Å². The van der Waals surface area contributed by atoms with Crippen LogP contribution in [0.4, 0.5) is 0 Å². The lowest BCUT2D eigenvalue weighted by Crippen LogP contribution is -2.22. The topological polar surface area (TPSA) is 93.8 Å². The third-order valence-electron chi connectivity index (χ3n) is 2.38. The van der Waals surface area contributed by atoms with Crippen molar-refractivity contribution in [1.82, 2.24) is 5.32 Å². The van der Waals surface area contributed by atoms with Crippen LogP contribution in [-0.2, 0) is 11.3 Å². The van der Waals surface area contributed by atoms with Gasteiger partial charge in [-0.2, -0.15) is 5.26 Å². The third kappa shape index (κ3) is 4.44. The van der Waals surface area contributed by atoms with Crippen molar-refractivity contribution in [1.29, 1.82) is 5.26 Å². The summed E-state index contributed by atoms with van der Waals surface area (Å²) in [6.07, 6.45) is 0. The molecule has 18 heavy (non-hydrogen) atoms. The Kier molecular flexibility index (Phi) is 6.30. The molecule has 0 spiro atoms. The predicted molar refractivity (Wildman–Crippen MR) is 67.5 cm³/mol. The van der Waals surface area contributed by atoms with Gasteiger partial charge in [-0.25, -0.2) is 0 Å². The van der Waals surface area contributed by atoms with Crippen molar-refractivity contribution in [2.24, 2.45) is 5.11 Å². The van der Waals surface area contributed by atoms with Gasteiger partial charge in [0.25, 0.3) is 0 Å². The number of hydrogen-bond donors (Lipinski definition) is 1. The number of ether oxygens (including phenoxy) is 1. The van der Waals surface area contributed by atoms with E-state index < -0.39 is 6.04 Å². The summed E-state index contributed by atoms with van der Waals surface area (Å²) < 4.78 is 5.02. The number of methoxy groups -OCH3 is 1. The molecular weight excluding hydrogens is 230 g/mol. The fourth-order valence-electron chi connectivity index (χ4n) is 1.51. The van der Waals surface area contributed by atoms with Gasteiger partial charge in [0, 0.05) is 25.1 Å². The van der Waals surface area contributed by atoms with E-state index in [0.29, 0.717) is 19.7 Å². The van der Waals surface area contributed by atoms with E-state index in [9.17, 15) is 0 Å². The van der Waals surface area contributed by atoms with E-state index in [2.05, 4.69) is 21.4 Å². The van der Waals surface area contributed by atoms with Crippen molar-refractivity contribution in [3.63, 3.8) is 0 Å². The molecule has 6 heteroatoms. The molecule has 0 aromatic heterocycles. The Morgan fingerprint density at radius 2 is 2.22 bits per heavy atom. The molecule has 0 aliphatic heterocycles. The minimum Gasteiger partial charge on any atom is -0.380 e. The molecular formula is C12H15N5O. The van der Waals surface area contributed by atoms with Gasteiger partial charge in [-0.15, -0.1) is 0 Å². The molecule has 1 atom stereocenters. The van der Waals surface area contributed by atoms with Gasteiger partial charge in [0.15, 0.2) is 0 Å². The Morgan fingerprint density at radius 3 is 2.78 bits per heavy atom. The maximum atomic E-state index is 9.07. The van der Waals surface area contributed by atoms with Gasteiger partial charge < -0.3 is 4.74 Å². The van der Waals surface area contributed by atoms with Crippen LogP contribution in [0.3, 0.4) is 0 Å². The second-order valence-electron chi connectivity index (χ2n) is 3.65. The minimum absolute atomic E-state index is 0.330. The quantitative estimate of drug-likeness (QED) is 0.345. The van der Waals surface area contributed by atoms with Crippen molar-refractivity contribution >= 4 is 0 Å². The lowest BCUT2D eigenvalue weighted by molar-refractivity contribution is 0.185. The van der Waals surface area contributed by atoms with Crippen LogP contribution in [0.25, 0.3) is 10.4 Å². The third-order valence-corrected chi connectivity index (χ3v) is 2.38. The first-order valence-corrected chi connectivity index (χ1v) is 5.53. The lowest BCUT2D eigenvalue weighted by Gasteiger charge is -2.11. The first kappa shape index (κ1) is 14.0.